The molecule has 0 bridgehead atoms. The molecule has 3 heterocycles. The van der Waals surface area contributed by atoms with Crippen LogP contribution >= 0.6 is 0 Å². The van der Waals surface area contributed by atoms with Crippen molar-refractivity contribution in [1.29, 1.82) is 0 Å². The number of nitroso groups, excluding NO2 is 1. The van der Waals surface area contributed by atoms with Crippen molar-refractivity contribution in [2.45, 2.75) is 36.9 Å². The number of nitrogen functional groups attached to an aromatic ring is 1. The number of H-pyrrole nitrogens is 1. The molecule has 5 atom stereocenters. The number of ether oxygens (including phenoxy) is 1. The first-order valence-electron chi connectivity index (χ1n) is 7.70. The summed E-state index contributed by atoms with van der Waals surface area (Å²) in [6, 6.07) is 0.530. The van der Waals surface area contributed by atoms with Crippen LogP contribution in [-0.2, 0) is 4.74 Å². The molecule has 3 rings (SSSR count). The lowest BCUT2D eigenvalue weighted by atomic mass is 9.89. The molecule has 1 saturated heterocycles. The van der Waals surface area contributed by atoms with E-state index >= 15 is 0 Å². The summed E-state index contributed by atoms with van der Waals surface area (Å²) in [4.78, 5) is 29.3. The Morgan fingerprint density at radius 3 is 3.04 bits per heavy atom. The minimum absolute atomic E-state index is 0.127. The molecule has 2 aromatic heterocycles. The van der Waals surface area contributed by atoms with Gasteiger partial charge >= 0.3 is 0 Å². The van der Waals surface area contributed by atoms with Gasteiger partial charge in [-0.15, -0.1) is 0 Å². The number of aromatic amines is 1. The van der Waals surface area contributed by atoms with E-state index in [1.54, 1.807) is 0 Å². The maximum atomic E-state index is 12.6. The summed E-state index contributed by atoms with van der Waals surface area (Å²) in [5.41, 5.74) is 9.75. The van der Waals surface area contributed by atoms with Crippen molar-refractivity contribution in [3.63, 3.8) is 0 Å². The van der Waals surface area contributed by atoms with E-state index in [0.717, 1.165) is 0 Å². The molecule has 10 nitrogen and oxygen atoms in total. The zero-order valence-corrected chi connectivity index (χ0v) is 13.7. The molecule has 26 heavy (non-hydrogen) atoms. The van der Waals surface area contributed by atoms with Gasteiger partial charge in [0.2, 0.25) is 5.95 Å². The number of nitrogens with two attached hydrogens (primary N) is 2. The Balaban J connectivity index is 2.18. The minimum atomic E-state index is -1.76. The van der Waals surface area contributed by atoms with Crippen LogP contribution in [0.1, 0.15) is 13.2 Å². The number of hydrogen-bond donors (Lipinski definition) is 4. The summed E-state index contributed by atoms with van der Waals surface area (Å²) < 4.78 is 19.7. The normalized spacial score (nSPS) is 29.3. The first-order valence-corrected chi connectivity index (χ1v) is 7.70. The van der Waals surface area contributed by atoms with Crippen molar-refractivity contribution < 1.29 is 14.2 Å². The quantitative estimate of drug-likeness (QED) is 0.417. The number of halogens is 1. The lowest BCUT2D eigenvalue weighted by Gasteiger charge is -2.28. The number of nitrogens with one attached hydrogen (secondary N) is 1. The predicted octanol–water partition coefficient (Wildman–Crippen LogP) is -0.610. The first kappa shape index (κ1) is 18.0. The molecule has 0 saturated carbocycles. The Morgan fingerprint density at radius 1 is 1.65 bits per heavy atom. The maximum Gasteiger partial charge on any atom is 0.261 e. The van der Waals surface area contributed by atoms with Gasteiger partial charge < -0.3 is 25.9 Å². The van der Waals surface area contributed by atoms with E-state index in [4.69, 9.17) is 16.2 Å². The van der Waals surface area contributed by atoms with E-state index in [0.29, 0.717) is 0 Å². The van der Waals surface area contributed by atoms with Gasteiger partial charge in [0.15, 0.2) is 17.4 Å². The predicted molar refractivity (Wildman–Crippen MR) is 90.6 cm³/mol. The van der Waals surface area contributed by atoms with Crippen molar-refractivity contribution in [1.82, 2.24) is 14.5 Å². The van der Waals surface area contributed by atoms with Gasteiger partial charge in [0.1, 0.15) is 24.9 Å². The second kappa shape index (κ2) is 6.49. The number of aliphatic hydroxyl groups excluding tert-OH is 1. The second-order valence-electron chi connectivity index (χ2n) is 6.02. The highest BCUT2D eigenvalue weighted by atomic mass is 19.1. The first-order chi connectivity index (χ1) is 12.3. The standard InChI is InChI=1S/C15H17FN6O4/c1-7(21-25)9-10(23)15(18,4-2-5-16)13(26-9)22-6-3-8-11(22)19-14(17)20-12(8)24/h3,6-7,9-10,13,23H,5,18H2,1H3,(H3,17,19,20,24)/t7-,9-,10?,13-,15-/m1/s1. The average Bonchev–Trinajstić information content (AvgIpc) is 3.13. The Kier molecular flexibility index (Phi) is 4.49. The number of anilines is 1. The van der Waals surface area contributed by atoms with Gasteiger partial charge in [-0.3, -0.25) is 9.78 Å². The number of hydrogen-bond acceptors (Lipinski definition) is 8. The van der Waals surface area contributed by atoms with Crippen molar-refractivity contribution in [2.75, 3.05) is 12.4 Å². The van der Waals surface area contributed by atoms with Gasteiger partial charge in [-0.2, -0.15) is 9.89 Å². The van der Waals surface area contributed by atoms with E-state index in [2.05, 4.69) is 27.0 Å². The molecular formula is C15H17FN6O4. The third-order valence-corrected chi connectivity index (χ3v) is 4.36. The fourth-order valence-corrected chi connectivity index (χ4v) is 3.06. The number of nitrogens with zero attached hydrogens (tertiary/aromatic N) is 3. The summed E-state index contributed by atoms with van der Waals surface area (Å²) in [7, 11) is 0. The summed E-state index contributed by atoms with van der Waals surface area (Å²) >= 11 is 0. The maximum absolute atomic E-state index is 12.6. The third kappa shape index (κ3) is 2.64. The third-order valence-electron chi connectivity index (χ3n) is 4.36. The molecule has 138 valence electrons. The molecule has 11 heteroatoms. The summed E-state index contributed by atoms with van der Waals surface area (Å²) in [5.74, 6) is 4.52. The number of alkyl halides is 1. The van der Waals surface area contributed by atoms with E-state index in [-0.39, 0.29) is 17.0 Å². The fraction of sp³-hybridized carbons (Fsp3) is 0.467. The lowest BCUT2D eigenvalue weighted by molar-refractivity contribution is -0.0287. The summed E-state index contributed by atoms with van der Waals surface area (Å²) in [5, 5.41) is 13.7. The zero-order valence-electron chi connectivity index (χ0n) is 13.7. The van der Waals surface area contributed by atoms with Crippen LogP contribution in [0.2, 0.25) is 0 Å². The Bertz CT molecular complexity index is 962. The van der Waals surface area contributed by atoms with Gasteiger partial charge in [-0.25, -0.2) is 4.39 Å². The van der Waals surface area contributed by atoms with Gasteiger partial charge in [-0.05, 0) is 13.0 Å². The minimum Gasteiger partial charge on any atom is -0.387 e. The van der Waals surface area contributed by atoms with E-state index in [1.807, 2.05) is 0 Å². The topological polar surface area (TPSA) is 162 Å². The zero-order chi connectivity index (χ0) is 19.1. The number of fused-ring (bicyclic) bond motifs is 1. The molecule has 1 aliphatic rings. The molecule has 1 aliphatic heterocycles. The highest BCUT2D eigenvalue weighted by Gasteiger charge is 2.56. The number of aliphatic hydroxyl groups is 1. The largest absolute Gasteiger partial charge is 0.387 e. The Labute approximate surface area is 146 Å². The van der Waals surface area contributed by atoms with Gasteiger partial charge in [0.25, 0.3) is 5.56 Å². The molecular weight excluding hydrogens is 347 g/mol. The van der Waals surface area contributed by atoms with E-state index in [9.17, 15) is 19.2 Å². The van der Waals surface area contributed by atoms with Crippen LogP contribution in [0.4, 0.5) is 10.3 Å². The molecule has 0 aromatic carbocycles. The van der Waals surface area contributed by atoms with Crippen LogP contribution in [-0.4, -0.2) is 50.1 Å². The smallest absolute Gasteiger partial charge is 0.261 e. The van der Waals surface area contributed by atoms with Crippen LogP contribution in [0, 0.1) is 16.7 Å². The van der Waals surface area contributed by atoms with Crippen LogP contribution in [0.15, 0.2) is 22.2 Å². The van der Waals surface area contributed by atoms with Crippen LogP contribution in [0.5, 0.6) is 0 Å². The van der Waals surface area contributed by atoms with Gasteiger partial charge in [0.05, 0.1) is 5.39 Å². The van der Waals surface area contributed by atoms with E-state index in [1.165, 1.54) is 23.8 Å². The highest BCUT2D eigenvalue weighted by Crippen LogP contribution is 2.39. The molecule has 0 spiro atoms. The van der Waals surface area contributed by atoms with Crippen LogP contribution in [0.25, 0.3) is 11.0 Å². The van der Waals surface area contributed by atoms with Crippen molar-refractivity contribution in [3.05, 3.63) is 27.5 Å². The highest BCUT2D eigenvalue weighted by molar-refractivity contribution is 5.76. The molecule has 0 aliphatic carbocycles. The van der Waals surface area contributed by atoms with Crippen molar-refractivity contribution in [3.8, 4) is 11.8 Å². The average molecular weight is 364 g/mol. The molecule has 1 unspecified atom stereocenters. The summed E-state index contributed by atoms with van der Waals surface area (Å²) in [6.07, 6.45) is -2.20. The molecule has 1 fully saturated rings. The van der Waals surface area contributed by atoms with Gasteiger partial charge in [-0.1, -0.05) is 17.0 Å². The Hall–Kier alpha value is -2.81. The Morgan fingerprint density at radius 2 is 2.38 bits per heavy atom. The summed E-state index contributed by atoms with van der Waals surface area (Å²) in [6.45, 7) is 0.461. The van der Waals surface area contributed by atoms with Crippen molar-refractivity contribution in [2.24, 2.45) is 10.9 Å². The second-order valence-corrected chi connectivity index (χ2v) is 6.02. The monoisotopic (exact) mass is 364 g/mol. The number of rotatable bonds is 3. The van der Waals surface area contributed by atoms with Crippen molar-refractivity contribution >= 4 is 17.0 Å². The molecule has 2 aromatic rings. The van der Waals surface area contributed by atoms with E-state index < -0.39 is 42.3 Å². The molecule has 0 radical (unpaired) electrons. The van der Waals surface area contributed by atoms with Crippen LogP contribution < -0.4 is 17.0 Å². The molecule has 0 amide bonds. The number of aromatic nitrogens is 3. The molecule has 6 N–H and O–H groups in total. The van der Waals surface area contributed by atoms with Crippen LogP contribution in [0.3, 0.4) is 0 Å². The lowest BCUT2D eigenvalue weighted by Crippen LogP contribution is -2.54. The van der Waals surface area contributed by atoms with Gasteiger partial charge in [0, 0.05) is 6.20 Å². The fourth-order valence-electron chi connectivity index (χ4n) is 3.06. The SMILES string of the molecule is C[C@@H](N=O)[C@H]1O[C@@H](n2ccc3c(=O)[nH]c(N)nc32)[C@@](N)(C#CCF)C1O.